The van der Waals surface area contributed by atoms with Crippen molar-refractivity contribution in [1.82, 2.24) is 9.88 Å². The quantitative estimate of drug-likeness (QED) is 0.782. The second-order valence-corrected chi connectivity index (χ2v) is 6.05. The van der Waals surface area contributed by atoms with Crippen molar-refractivity contribution in [1.29, 1.82) is 0 Å². The summed E-state index contributed by atoms with van der Waals surface area (Å²) in [6.45, 7) is 6.75. The van der Waals surface area contributed by atoms with E-state index in [9.17, 15) is 9.59 Å². The highest BCUT2D eigenvalue weighted by Crippen LogP contribution is 2.28. The van der Waals surface area contributed by atoms with E-state index in [0.29, 0.717) is 13.1 Å². The molecule has 1 saturated heterocycles. The largest absolute Gasteiger partial charge is 0.464 e. The van der Waals surface area contributed by atoms with Gasteiger partial charge in [0, 0.05) is 25.2 Å². The average Bonchev–Trinajstić information content (AvgIpc) is 2.34. The molecule has 0 aromatic carbocycles. The van der Waals surface area contributed by atoms with Gasteiger partial charge < -0.3 is 14.4 Å². The summed E-state index contributed by atoms with van der Waals surface area (Å²) in [6.07, 6.45) is 1.36. The maximum atomic E-state index is 11.8. The van der Waals surface area contributed by atoms with Crippen LogP contribution in [-0.4, -0.2) is 47.7 Å². The first kappa shape index (κ1) is 15.3. The van der Waals surface area contributed by atoms with E-state index in [4.69, 9.17) is 4.74 Å². The third-order valence-electron chi connectivity index (χ3n) is 3.19. The zero-order chi connectivity index (χ0) is 15.6. The van der Waals surface area contributed by atoms with Crippen LogP contribution >= 0.6 is 0 Å². The third-order valence-corrected chi connectivity index (χ3v) is 3.19. The Kier molecular flexibility index (Phi) is 4.16. The SMILES string of the molecule is COC(=O)c1ccc(C2CN(C(=O)OC(C)(C)C)C2)cn1. The van der Waals surface area contributed by atoms with Crippen molar-refractivity contribution in [2.75, 3.05) is 20.2 Å². The predicted octanol–water partition coefficient (Wildman–Crippen LogP) is 2.20. The normalized spacial score (nSPS) is 15.3. The third kappa shape index (κ3) is 3.71. The molecule has 1 fully saturated rings. The number of hydrogen-bond donors (Lipinski definition) is 0. The topological polar surface area (TPSA) is 68.7 Å². The molecule has 2 heterocycles. The molecule has 0 saturated carbocycles. The van der Waals surface area contributed by atoms with E-state index in [1.165, 1.54) is 7.11 Å². The van der Waals surface area contributed by atoms with Gasteiger partial charge in [-0.3, -0.25) is 0 Å². The Morgan fingerprint density at radius 2 is 1.95 bits per heavy atom. The molecular formula is C15H20N2O4. The number of rotatable bonds is 2. The van der Waals surface area contributed by atoms with Crippen LogP contribution in [0.15, 0.2) is 18.3 Å². The number of esters is 1. The average molecular weight is 292 g/mol. The number of aromatic nitrogens is 1. The Morgan fingerprint density at radius 3 is 2.43 bits per heavy atom. The van der Waals surface area contributed by atoms with Crippen molar-refractivity contribution in [3.05, 3.63) is 29.6 Å². The second kappa shape index (κ2) is 5.71. The van der Waals surface area contributed by atoms with Crippen LogP contribution in [-0.2, 0) is 9.47 Å². The molecule has 0 atom stereocenters. The van der Waals surface area contributed by atoms with E-state index in [-0.39, 0.29) is 17.7 Å². The molecule has 2 rings (SSSR count). The van der Waals surface area contributed by atoms with Gasteiger partial charge in [-0.1, -0.05) is 6.07 Å². The molecule has 1 amide bonds. The Morgan fingerprint density at radius 1 is 1.29 bits per heavy atom. The summed E-state index contributed by atoms with van der Waals surface area (Å²) in [7, 11) is 1.32. The lowest BCUT2D eigenvalue weighted by molar-refractivity contribution is 0.00816. The molecule has 0 radical (unpaired) electrons. The van der Waals surface area contributed by atoms with Gasteiger partial charge in [-0.2, -0.15) is 0 Å². The van der Waals surface area contributed by atoms with E-state index < -0.39 is 11.6 Å². The summed E-state index contributed by atoms with van der Waals surface area (Å²) in [5.74, 6) is -0.220. The lowest BCUT2D eigenvalue weighted by Crippen LogP contribution is -2.50. The Balaban J connectivity index is 1.90. The van der Waals surface area contributed by atoms with Crippen molar-refractivity contribution in [3.63, 3.8) is 0 Å². The monoisotopic (exact) mass is 292 g/mol. The van der Waals surface area contributed by atoms with Crippen LogP contribution in [0.5, 0.6) is 0 Å². The lowest BCUT2D eigenvalue weighted by Gasteiger charge is -2.39. The first-order chi connectivity index (χ1) is 9.80. The summed E-state index contributed by atoms with van der Waals surface area (Å²) in [6, 6.07) is 3.48. The van der Waals surface area contributed by atoms with Crippen LogP contribution < -0.4 is 0 Å². The van der Waals surface area contributed by atoms with Gasteiger partial charge in [-0.15, -0.1) is 0 Å². The number of carbonyl (C=O) groups excluding carboxylic acids is 2. The fourth-order valence-corrected chi connectivity index (χ4v) is 2.04. The highest BCUT2D eigenvalue weighted by Gasteiger charge is 2.34. The standard InChI is InChI=1S/C15H20N2O4/c1-15(2,3)21-14(19)17-8-11(9-17)10-5-6-12(16-7-10)13(18)20-4/h5-7,11H,8-9H2,1-4H3. The fourth-order valence-electron chi connectivity index (χ4n) is 2.04. The smallest absolute Gasteiger partial charge is 0.410 e. The summed E-state index contributed by atoms with van der Waals surface area (Å²) >= 11 is 0. The van der Waals surface area contributed by atoms with Crippen LogP contribution in [0.1, 0.15) is 42.7 Å². The molecule has 6 heteroatoms. The molecule has 0 spiro atoms. The Hall–Kier alpha value is -2.11. The van der Waals surface area contributed by atoms with E-state index >= 15 is 0 Å². The minimum absolute atomic E-state index is 0.233. The zero-order valence-electron chi connectivity index (χ0n) is 12.8. The van der Waals surface area contributed by atoms with Crippen LogP contribution in [0.25, 0.3) is 0 Å². The molecule has 1 aromatic heterocycles. The number of likely N-dealkylation sites (tertiary alicyclic amines) is 1. The zero-order valence-corrected chi connectivity index (χ0v) is 12.8. The van der Waals surface area contributed by atoms with E-state index in [1.54, 1.807) is 17.2 Å². The van der Waals surface area contributed by atoms with Gasteiger partial charge in [-0.05, 0) is 32.4 Å². The lowest BCUT2D eigenvalue weighted by atomic mass is 9.93. The number of nitrogens with zero attached hydrogens (tertiary/aromatic N) is 2. The Labute approximate surface area is 124 Å². The molecule has 0 bridgehead atoms. The highest BCUT2D eigenvalue weighted by atomic mass is 16.6. The second-order valence-electron chi connectivity index (χ2n) is 6.05. The van der Waals surface area contributed by atoms with Gasteiger partial charge in [-0.25, -0.2) is 14.6 Å². The molecule has 0 unspecified atom stereocenters. The van der Waals surface area contributed by atoms with Crippen LogP contribution in [0, 0.1) is 0 Å². The van der Waals surface area contributed by atoms with Crippen molar-refractivity contribution >= 4 is 12.1 Å². The maximum Gasteiger partial charge on any atom is 0.410 e. The van der Waals surface area contributed by atoms with Gasteiger partial charge in [0.1, 0.15) is 11.3 Å². The molecule has 6 nitrogen and oxygen atoms in total. The van der Waals surface area contributed by atoms with Crippen molar-refractivity contribution in [2.45, 2.75) is 32.3 Å². The number of amides is 1. The first-order valence-corrected chi connectivity index (χ1v) is 6.82. The molecule has 0 aliphatic carbocycles. The van der Waals surface area contributed by atoms with Gasteiger partial charge in [0.05, 0.1) is 7.11 Å². The molecule has 1 aliphatic heterocycles. The molecule has 1 aromatic rings. The number of pyridine rings is 1. The van der Waals surface area contributed by atoms with E-state index in [1.807, 2.05) is 26.8 Å². The van der Waals surface area contributed by atoms with Crippen molar-refractivity contribution in [2.24, 2.45) is 0 Å². The summed E-state index contributed by atoms with van der Waals surface area (Å²) in [5.41, 5.74) is 0.804. The molecule has 1 aliphatic rings. The molecule has 0 N–H and O–H groups in total. The number of hydrogen-bond acceptors (Lipinski definition) is 5. The van der Waals surface area contributed by atoms with Crippen LogP contribution in [0.3, 0.4) is 0 Å². The molecule has 21 heavy (non-hydrogen) atoms. The van der Waals surface area contributed by atoms with Crippen molar-refractivity contribution in [3.8, 4) is 0 Å². The summed E-state index contributed by atoms with van der Waals surface area (Å²) < 4.78 is 9.90. The predicted molar refractivity (Wildman–Crippen MR) is 76.1 cm³/mol. The van der Waals surface area contributed by atoms with Gasteiger partial charge in [0.15, 0.2) is 0 Å². The minimum atomic E-state index is -0.480. The number of ether oxygens (including phenoxy) is 2. The highest BCUT2D eigenvalue weighted by molar-refractivity contribution is 5.87. The van der Waals surface area contributed by atoms with Gasteiger partial charge in [0.2, 0.25) is 0 Å². The minimum Gasteiger partial charge on any atom is -0.464 e. The molecule has 114 valence electrons. The van der Waals surface area contributed by atoms with Crippen LogP contribution in [0.4, 0.5) is 4.79 Å². The summed E-state index contributed by atoms with van der Waals surface area (Å²) in [5, 5.41) is 0. The van der Waals surface area contributed by atoms with Crippen molar-refractivity contribution < 1.29 is 19.1 Å². The number of carbonyl (C=O) groups is 2. The Bertz CT molecular complexity index is 528. The van der Waals surface area contributed by atoms with Crippen LogP contribution in [0.2, 0.25) is 0 Å². The first-order valence-electron chi connectivity index (χ1n) is 6.82. The van der Waals surface area contributed by atoms with Gasteiger partial charge >= 0.3 is 12.1 Å². The maximum absolute atomic E-state index is 11.8. The van der Waals surface area contributed by atoms with E-state index in [0.717, 1.165) is 5.56 Å². The van der Waals surface area contributed by atoms with E-state index in [2.05, 4.69) is 9.72 Å². The number of methoxy groups -OCH3 is 1. The summed E-state index contributed by atoms with van der Waals surface area (Å²) in [4.78, 5) is 28.9. The fraction of sp³-hybridized carbons (Fsp3) is 0.533. The molecular weight excluding hydrogens is 272 g/mol. The van der Waals surface area contributed by atoms with Gasteiger partial charge in [0.25, 0.3) is 0 Å².